The largest absolute Gasteiger partial charge is 0.381 e. The SMILES string of the molecule is CC(C)c1noc([C@@H](NC(=O)c2c[nH]c(C#N)c2)C2CCOCC2)n1. The number of hydrogen-bond acceptors (Lipinski definition) is 6. The number of carbonyl (C=O) groups excluding carboxylic acids is 1. The van der Waals surface area contributed by atoms with Gasteiger partial charge in [-0.2, -0.15) is 10.2 Å². The van der Waals surface area contributed by atoms with Crippen LogP contribution in [0.2, 0.25) is 0 Å². The first-order valence-electron chi connectivity index (χ1n) is 8.39. The van der Waals surface area contributed by atoms with Crippen LogP contribution in [0, 0.1) is 17.2 Å². The lowest BCUT2D eigenvalue weighted by Crippen LogP contribution is -2.36. The third kappa shape index (κ3) is 3.88. The maximum absolute atomic E-state index is 12.6. The maximum Gasteiger partial charge on any atom is 0.253 e. The molecule has 0 spiro atoms. The molecule has 1 saturated heterocycles. The average molecular weight is 343 g/mol. The predicted molar refractivity (Wildman–Crippen MR) is 87.6 cm³/mol. The van der Waals surface area contributed by atoms with Crippen molar-refractivity contribution in [2.75, 3.05) is 13.2 Å². The molecule has 132 valence electrons. The summed E-state index contributed by atoms with van der Waals surface area (Å²) in [5.74, 6) is 1.06. The number of nitrogens with zero attached hydrogens (tertiary/aromatic N) is 3. The minimum atomic E-state index is -0.378. The maximum atomic E-state index is 12.6. The Morgan fingerprint density at radius 3 is 2.80 bits per heavy atom. The second kappa shape index (κ2) is 7.49. The van der Waals surface area contributed by atoms with Crippen LogP contribution in [-0.2, 0) is 4.74 Å². The van der Waals surface area contributed by atoms with E-state index in [1.165, 1.54) is 12.3 Å². The highest BCUT2D eigenvalue weighted by Gasteiger charge is 2.32. The van der Waals surface area contributed by atoms with E-state index in [0.29, 0.717) is 36.2 Å². The Labute approximate surface area is 145 Å². The van der Waals surface area contributed by atoms with E-state index in [2.05, 4.69) is 20.4 Å². The van der Waals surface area contributed by atoms with E-state index in [1.807, 2.05) is 19.9 Å². The number of hydrogen-bond donors (Lipinski definition) is 2. The molecule has 1 amide bonds. The Hall–Kier alpha value is -2.66. The van der Waals surface area contributed by atoms with Gasteiger partial charge in [-0.05, 0) is 24.8 Å². The number of carbonyl (C=O) groups is 1. The molecule has 2 aromatic heterocycles. The summed E-state index contributed by atoms with van der Waals surface area (Å²) in [6.45, 7) is 5.26. The summed E-state index contributed by atoms with van der Waals surface area (Å²) in [5, 5.41) is 15.9. The van der Waals surface area contributed by atoms with E-state index in [9.17, 15) is 4.79 Å². The van der Waals surface area contributed by atoms with Crippen LogP contribution < -0.4 is 5.32 Å². The molecule has 25 heavy (non-hydrogen) atoms. The summed E-state index contributed by atoms with van der Waals surface area (Å²) in [6.07, 6.45) is 3.13. The van der Waals surface area contributed by atoms with Gasteiger partial charge in [0.1, 0.15) is 17.8 Å². The second-order valence-electron chi connectivity index (χ2n) is 6.46. The normalized spacial score (nSPS) is 16.6. The number of amides is 1. The number of H-pyrrole nitrogens is 1. The molecular formula is C17H21N5O3. The van der Waals surface area contributed by atoms with E-state index >= 15 is 0 Å². The van der Waals surface area contributed by atoms with Gasteiger partial charge in [0.2, 0.25) is 5.89 Å². The molecule has 8 nitrogen and oxygen atoms in total. The van der Waals surface area contributed by atoms with Gasteiger partial charge in [0.25, 0.3) is 5.91 Å². The van der Waals surface area contributed by atoms with Crippen molar-refractivity contribution in [1.29, 1.82) is 5.26 Å². The van der Waals surface area contributed by atoms with Gasteiger partial charge >= 0.3 is 0 Å². The van der Waals surface area contributed by atoms with E-state index in [4.69, 9.17) is 14.5 Å². The van der Waals surface area contributed by atoms with Crippen molar-refractivity contribution in [2.24, 2.45) is 5.92 Å². The predicted octanol–water partition coefficient (Wildman–Crippen LogP) is 2.29. The molecule has 3 rings (SSSR count). The zero-order chi connectivity index (χ0) is 17.8. The lowest BCUT2D eigenvalue weighted by Gasteiger charge is -2.28. The average Bonchev–Trinajstić information content (AvgIpc) is 3.29. The summed E-state index contributed by atoms with van der Waals surface area (Å²) in [4.78, 5) is 19.8. The Bertz CT molecular complexity index is 767. The minimum absolute atomic E-state index is 0.145. The van der Waals surface area contributed by atoms with Crippen molar-refractivity contribution in [2.45, 2.75) is 38.6 Å². The third-order valence-corrected chi connectivity index (χ3v) is 4.33. The van der Waals surface area contributed by atoms with Gasteiger partial charge in [0, 0.05) is 25.3 Å². The number of nitrogens with one attached hydrogen (secondary N) is 2. The second-order valence-corrected chi connectivity index (χ2v) is 6.46. The molecule has 0 radical (unpaired) electrons. The van der Waals surface area contributed by atoms with Crippen LogP contribution in [0.1, 0.15) is 66.4 Å². The third-order valence-electron chi connectivity index (χ3n) is 4.33. The number of rotatable bonds is 5. The van der Waals surface area contributed by atoms with Crippen LogP contribution in [0.15, 0.2) is 16.8 Å². The van der Waals surface area contributed by atoms with E-state index in [-0.39, 0.29) is 23.8 Å². The fraction of sp³-hybridized carbons (Fsp3) is 0.529. The van der Waals surface area contributed by atoms with Crippen LogP contribution in [0.3, 0.4) is 0 Å². The van der Waals surface area contributed by atoms with Crippen molar-refractivity contribution in [1.82, 2.24) is 20.4 Å². The van der Waals surface area contributed by atoms with Crippen molar-refractivity contribution in [3.63, 3.8) is 0 Å². The topological polar surface area (TPSA) is 117 Å². The highest BCUT2D eigenvalue weighted by molar-refractivity contribution is 5.94. The smallest absolute Gasteiger partial charge is 0.253 e. The lowest BCUT2D eigenvalue weighted by molar-refractivity contribution is 0.0468. The fourth-order valence-electron chi connectivity index (χ4n) is 2.85. The molecule has 0 aliphatic carbocycles. The van der Waals surface area contributed by atoms with Crippen molar-refractivity contribution in [3.05, 3.63) is 35.2 Å². The van der Waals surface area contributed by atoms with Gasteiger partial charge in [-0.3, -0.25) is 4.79 Å². The molecule has 0 unspecified atom stereocenters. The molecular weight excluding hydrogens is 322 g/mol. The van der Waals surface area contributed by atoms with Crippen LogP contribution in [-0.4, -0.2) is 34.2 Å². The van der Waals surface area contributed by atoms with Crippen molar-refractivity contribution >= 4 is 5.91 Å². The summed E-state index contributed by atoms with van der Waals surface area (Å²) < 4.78 is 10.8. The van der Waals surface area contributed by atoms with Gasteiger partial charge in [-0.1, -0.05) is 19.0 Å². The molecule has 1 aliphatic rings. The molecule has 2 aromatic rings. The number of aromatic amines is 1. The highest BCUT2D eigenvalue weighted by Crippen LogP contribution is 2.30. The standard InChI is InChI=1S/C17H21N5O3/c1-10(2)15-21-17(25-22-15)14(11-3-5-24-6-4-11)20-16(23)12-7-13(8-18)19-9-12/h7,9-11,14,19H,3-6H2,1-2H3,(H,20,23)/t14-/m0/s1. The first kappa shape index (κ1) is 17.2. The Morgan fingerprint density at radius 2 is 2.20 bits per heavy atom. The summed E-state index contributed by atoms with van der Waals surface area (Å²) in [7, 11) is 0. The van der Waals surface area contributed by atoms with Gasteiger partial charge in [-0.25, -0.2) is 0 Å². The highest BCUT2D eigenvalue weighted by atomic mass is 16.5. The van der Waals surface area contributed by atoms with E-state index in [0.717, 1.165) is 12.8 Å². The first-order chi connectivity index (χ1) is 12.1. The van der Waals surface area contributed by atoms with Crippen molar-refractivity contribution in [3.8, 4) is 6.07 Å². The molecule has 1 fully saturated rings. The quantitative estimate of drug-likeness (QED) is 0.860. The molecule has 1 atom stereocenters. The Kier molecular flexibility index (Phi) is 5.14. The monoisotopic (exact) mass is 343 g/mol. The number of ether oxygens (including phenoxy) is 1. The lowest BCUT2D eigenvalue weighted by atomic mass is 9.91. The summed E-state index contributed by atoms with van der Waals surface area (Å²) >= 11 is 0. The minimum Gasteiger partial charge on any atom is -0.381 e. The van der Waals surface area contributed by atoms with Gasteiger partial charge in [-0.15, -0.1) is 0 Å². The van der Waals surface area contributed by atoms with E-state index < -0.39 is 0 Å². The molecule has 0 saturated carbocycles. The zero-order valence-corrected chi connectivity index (χ0v) is 14.3. The number of nitriles is 1. The zero-order valence-electron chi connectivity index (χ0n) is 14.3. The van der Waals surface area contributed by atoms with Gasteiger partial charge in [0.15, 0.2) is 5.82 Å². The molecule has 3 heterocycles. The summed E-state index contributed by atoms with van der Waals surface area (Å²) in [5.41, 5.74) is 0.741. The first-order valence-corrected chi connectivity index (χ1v) is 8.39. The molecule has 1 aliphatic heterocycles. The molecule has 8 heteroatoms. The number of aromatic nitrogens is 3. The Balaban J connectivity index is 1.82. The van der Waals surface area contributed by atoms with E-state index in [1.54, 1.807) is 0 Å². The van der Waals surface area contributed by atoms with Crippen LogP contribution in [0.4, 0.5) is 0 Å². The van der Waals surface area contributed by atoms with Crippen LogP contribution in [0.5, 0.6) is 0 Å². The van der Waals surface area contributed by atoms with Crippen LogP contribution >= 0.6 is 0 Å². The van der Waals surface area contributed by atoms with Gasteiger partial charge < -0.3 is 19.6 Å². The molecule has 2 N–H and O–H groups in total. The summed E-state index contributed by atoms with van der Waals surface area (Å²) in [6, 6.07) is 3.11. The molecule has 0 aromatic carbocycles. The fourth-order valence-corrected chi connectivity index (χ4v) is 2.85. The Morgan fingerprint density at radius 1 is 1.44 bits per heavy atom. The van der Waals surface area contributed by atoms with Gasteiger partial charge in [0.05, 0.1) is 5.56 Å². The van der Waals surface area contributed by atoms with Crippen LogP contribution in [0.25, 0.3) is 0 Å². The van der Waals surface area contributed by atoms with Crippen molar-refractivity contribution < 1.29 is 14.1 Å². The molecule has 0 bridgehead atoms.